The lowest BCUT2D eigenvalue weighted by Gasteiger charge is -2.38. The lowest BCUT2D eigenvalue weighted by Crippen LogP contribution is -2.54. The van der Waals surface area contributed by atoms with Crippen LogP contribution in [0.15, 0.2) is 4.99 Å². The Morgan fingerprint density at radius 1 is 1.27 bits per heavy atom. The van der Waals surface area contributed by atoms with E-state index in [4.69, 9.17) is 4.74 Å². The zero-order chi connectivity index (χ0) is 18.2. The van der Waals surface area contributed by atoms with Crippen LogP contribution >= 0.6 is 24.0 Å². The summed E-state index contributed by atoms with van der Waals surface area (Å²) in [6, 6.07) is 0.469. The number of aliphatic imine (C=N–C) groups is 1. The van der Waals surface area contributed by atoms with Crippen molar-refractivity contribution in [3.63, 3.8) is 0 Å². The van der Waals surface area contributed by atoms with E-state index in [0.29, 0.717) is 19.2 Å². The van der Waals surface area contributed by atoms with Crippen molar-refractivity contribution >= 4 is 35.9 Å². The quantitative estimate of drug-likeness (QED) is 0.275. The van der Waals surface area contributed by atoms with Crippen LogP contribution in [0.1, 0.15) is 26.7 Å². The molecule has 2 aliphatic heterocycles. The Morgan fingerprint density at radius 2 is 1.96 bits per heavy atom. The zero-order valence-electron chi connectivity index (χ0n) is 16.7. The number of piperidine rings is 1. The number of carbonyl (C=O) groups is 1. The second-order valence-corrected chi connectivity index (χ2v) is 7.15. The summed E-state index contributed by atoms with van der Waals surface area (Å²) in [5.74, 6) is 0.783. The van der Waals surface area contributed by atoms with E-state index in [1.165, 1.54) is 0 Å². The summed E-state index contributed by atoms with van der Waals surface area (Å²) >= 11 is 0. The molecule has 0 aromatic heterocycles. The third kappa shape index (κ3) is 6.84. The van der Waals surface area contributed by atoms with Crippen LogP contribution in [0.3, 0.4) is 0 Å². The summed E-state index contributed by atoms with van der Waals surface area (Å²) in [6.07, 6.45) is 1.90. The van der Waals surface area contributed by atoms with Crippen molar-refractivity contribution in [2.75, 3.05) is 66.5 Å². The van der Waals surface area contributed by atoms with Gasteiger partial charge in [-0.1, -0.05) is 0 Å². The van der Waals surface area contributed by atoms with Crippen LogP contribution in [0.5, 0.6) is 0 Å². The molecule has 0 aromatic carbocycles. The lowest BCUT2D eigenvalue weighted by molar-refractivity contribution is -0.149. The predicted octanol–water partition coefficient (Wildman–Crippen LogP) is 1.09. The molecule has 2 fully saturated rings. The van der Waals surface area contributed by atoms with Gasteiger partial charge in [-0.15, -0.1) is 24.0 Å². The van der Waals surface area contributed by atoms with Crippen LogP contribution < -0.4 is 5.32 Å². The molecular weight excluding hydrogens is 445 g/mol. The summed E-state index contributed by atoms with van der Waals surface area (Å²) in [5, 5.41) is 3.51. The van der Waals surface area contributed by atoms with Gasteiger partial charge >= 0.3 is 5.97 Å². The van der Waals surface area contributed by atoms with Crippen molar-refractivity contribution in [1.29, 1.82) is 0 Å². The van der Waals surface area contributed by atoms with Gasteiger partial charge in [0.15, 0.2) is 5.96 Å². The summed E-state index contributed by atoms with van der Waals surface area (Å²) in [4.78, 5) is 23.6. The molecule has 0 aromatic rings. The minimum Gasteiger partial charge on any atom is -0.466 e. The van der Waals surface area contributed by atoms with Crippen LogP contribution in [0.25, 0.3) is 0 Å². The van der Waals surface area contributed by atoms with E-state index < -0.39 is 0 Å². The number of esters is 1. The van der Waals surface area contributed by atoms with Gasteiger partial charge in [0, 0.05) is 58.9 Å². The standard InChI is InChI=1S/C18H35N5O2.HI/c1-5-25-17(24)16-7-6-8-23(14-16)18(19-3)20-13-15(2)22-11-9-21(4)10-12-22;/h15-16H,5-14H2,1-4H3,(H,19,20);1H. The average Bonchev–Trinajstić information content (AvgIpc) is 2.63. The van der Waals surface area contributed by atoms with Crippen molar-refractivity contribution in [3.05, 3.63) is 0 Å². The molecule has 0 aliphatic carbocycles. The molecule has 26 heavy (non-hydrogen) atoms. The number of likely N-dealkylation sites (tertiary alicyclic amines) is 1. The summed E-state index contributed by atoms with van der Waals surface area (Å²) in [7, 11) is 4.00. The molecule has 2 aliphatic rings. The second-order valence-electron chi connectivity index (χ2n) is 7.15. The van der Waals surface area contributed by atoms with Crippen molar-refractivity contribution in [2.24, 2.45) is 10.9 Å². The van der Waals surface area contributed by atoms with Crippen LogP contribution in [0.2, 0.25) is 0 Å². The first kappa shape index (κ1) is 23.4. The number of carbonyl (C=O) groups excluding carboxylic acids is 1. The first-order chi connectivity index (χ1) is 12.0. The highest BCUT2D eigenvalue weighted by Crippen LogP contribution is 2.18. The first-order valence-corrected chi connectivity index (χ1v) is 9.60. The van der Waals surface area contributed by atoms with Gasteiger partial charge in [-0.25, -0.2) is 0 Å². The normalized spacial score (nSPS) is 23.9. The topological polar surface area (TPSA) is 60.4 Å². The Morgan fingerprint density at radius 3 is 2.58 bits per heavy atom. The molecule has 2 heterocycles. The van der Waals surface area contributed by atoms with Crippen molar-refractivity contribution in [1.82, 2.24) is 20.0 Å². The third-order valence-corrected chi connectivity index (χ3v) is 5.27. The number of hydrogen-bond acceptors (Lipinski definition) is 5. The molecule has 7 nitrogen and oxygen atoms in total. The molecule has 0 saturated carbocycles. The van der Waals surface area contributed by atoms with E-state index in [1.54, 1.807) is 0 Å². The van der Waals surface area contributed by atoms with Crippen molar-refractivity contribution in [2.45, 2.75) is 32.7 Å². The van der Waals surface area contributed by atoms with E-state index in [9.17, 15) is 4.79 Å². The Labute approximate surface area is 175 Å². The van der Waals surface area contributed by atoms with Gasteiger partial charge < -0.3 is 19.9 Å². The van der Waals surface area contributed by atoms with E-state index in [0.717, 1.165) is 58.1 Å². The second kappa shape index (κ2) is 12.0. The minimum absolute atomic E-state index is 0. The maximum atomic E-state index is 12.0. The molecule has 2 atom stereocenters. The van der Waals surface area contributed by atoms with E-state index in [2.05, 4.69) is 39.0 Å². The summed E-state index contributed by atoms with van der Waals surface area (Å²) < 4.78 is 5.19. The fraction of sp³-hybridized carbons (Fsp3) is 0.889. The van der Waals surface area contributed by atoms with Gasteiger partial charge in [0.25, 0.3) is 0 Å². The molecule has 1 N–H and O–H groups in total. The van der Waals surface area contributed by atoms with Gasteiger partial charge in [0.1, 0.15) is 0 Å². The van der Waals surface area contributed by atoms with Gasteiger partial charge in [-0.3, -0.25) is 14.7 Å². The number of nitrogens with one attached hydrogen (secondary N) is 1. The highest BCUT2D eigenvalue weighted by Gasteiger charge is 2.28. The third-order valence-electron chi connectivity index (χ3n) is 5.27. The molecule has 0 spiro atoms. The first-order valence-electron chi connectivity index (χ1n) is 9.60. The maximum absolute atomic E-state index is 12.0. The van der Waals surface area contributed by atoms with Gasteiger partial charge in [0.05, 0.1) is 12.5 Å². The number of piperazine rings is 1. The Kier molecular flexibility index (Phi) is 10.8. The molecule has 2 unspecified atom stereocenters. The Bertz CT molecular complexity index is 455. The summed E-state index contributed by atoms with van der Waals surface area (Å²) in [5.41, 5.74) is 0. The number of rotatable bonds is 5. The number of likely N-dealkylation sites (N-methyl/N-ethyl adjacent to an activating group) is 1. The molecule has 2 rings (SSSR count). The van der Waals surface area contributed by atoms with E-state index >= 15 is 0 Å². The Balaban J connectivity index is 0.00000338. The van der Waals surface area contributed by atoms with Crippen LogP contribution in [-0.4, -0.2) is 99.2 Å². The lowest BCUT2D eigenvalue weighted by atomic mass is 9.98. The fourth-order valence-corrected chi connectivity index (χ4v) is 3.59. The largest absolute Gasteiger partial charge is 0.466 e. The molecule has 0 radical (unpaired) electrons. The number of guanidine groups is 1. The van der Waals surface area contributed by atoms with Gasteiger partial charge in [-0.05, 0) is 33.7 Å². The van der Waals surface area contributed by atoms with E-state index in [-0.39, 0.29) is 35.9 Å². The minimum atomic E-state index is -0.0755. The predicted molar refractivity (Wildman–Crippen MR) is 116 cm³/mol. The zero-order valence-corrected chi connectivity index (χ0v) is 19.1. The SMILES string of the molecule is CCOC(=O)C1CCCN(C(=NC)NCC(C)N2CCN(C)CC2)C1.I. The van der Waals surface area contributed by atoms with Crippen LogP contribution in [-0.2, 0) is 9.53 Å². The Hall–Kier alpha value is -0.610. The molecule has 0 bridgehead atoms. The molecular formula is C18H36IN5O2. The van der Waals surface area contributed by atoms with Crippen molar-refractivity contribution < 1.29 is 9.53 Å². The fourth-order valence-electron chi connectivity index (χ4n) is 3.59. The number of hydrogen-bond donors (Lipinski definition) is 1. The van der Waals surface area contributed by atoms with Crippen molar-refractivity contribution in [3.8, 4) is 0 Å². The van der Waals surface area contributed by atoms with E-state index in [1.807, 2.05) is 14.0 Å². The van der Waals surface area contributed by atoms with Crippen LogP contribution in [0.4, 0.5) is 0 Å². The smallest absolute Gasteiger partial charge is 0.310 e. The maximum Gasteiger partial charge on any atom is 0.310 e. The number of halogens is 1. The molecule has 2 saturated heterocycles. The molecule has 8 heteroatoms. The van der Waals surface area contributed by atoms with Gasteiger partial charge in [0.2, 0.25) is 0 Å². The number of nitrogens with zero attached hydrogens (tertiary/aromatic N) is 4. The van der Waals surface area contributed by atoms with Crippen LogP contribution in [0, 0.1) is 5.92 Å². The monoisotopic (exact) mass is 481 g/mol. The number of ether oxygens (including phenoxy) is 1. The highest BCUT2D eigenvalue weighted by molar-refractivity contribution is 14.0. The molecule has 152 valence electrons. The average molecular weight is 481 g/mol. The molecule has 0 amide bonds. The highest BCUT2D eigenvalue weighted by atomic mass is 127. The summed E-state index contributed by atoms with van der Waals surface area (Å²) in [6.45, 7) is 11.6. The van der Waals surface area contributed by atoms with Gasteiger partial charge in [-0.2, -0.15) is 0 Å².